The molecular weight excluding hydrogens is 232 g/mol. The minimum Gasteiger partial charge on any atom is -0.393 e. The fraction of sp³-hybridized carbons (Fsp3) is 0.462. The Morgan fingerprint density at radius 3 is 2.53 bits per heavy atom. The highest BCUT2D eigenvalue weighted by Gasteiger charge is 2.07. The molecule has 0 aliphatic carbocycles. The van der Waals surface area contributed by atoms with Gasteiger partial charge in [0.25, 0.3) is 0 Å². The second-order valence-electron chi connectivity index (χ2n) is 4.18. The third-order valence-electron chi connectivity index (χ3n) is 2.57. The zero-order valence-corrected chi connectivity index (χ0v) is 11.0. The Bertz CT molecular complexity index is 341. The first-order valence-corrected chi connectivity index (χ1v) is 6.27. The summed E-state index contributed by atoms with van der Waals surface area (Å²) in [6.07, 6.45) is 1.15. The molecule has 0 amide bonds. The van der Waals surface area contributed by atoms with Crippen LogP contribution >= 0.6 is 12.2 Å². The second-order valence-corrected chi connectivity index (χ2v) is 4.70. The molecule has 0 saturated heterocycles. The van der Waals surface area contributed by atoms with E-state index in [1.807, 2.05) is 18.2 Å². The van der Waals surface area contributed by atoms with E-state index in [9.17, 15) is 5.11 Å². The average Bonchev–Trinajstić information content (AvgIpc) is 2.29. The number of nitrogens with two attached hydrogens (primary N) is 1. The van der Waals surface area contributed by atoms with Crippen LogP contribution in [0, 0.1) is 0 Å². The summed E-state index contributed by atoms with van der Waals surface area (Å²) < 4.78 is 0. The molecule has 0 radical (unpaired) electrons. The van der Waals surface area contributed by atoms with Crippen molar-refractivity contribution >= 4 is 22.9 Å². The first kappa shape index (κ1) is 13.9. The van der Waals surface area contributed by atoms with Gasteiger partial charge in [0.15, 0.2) is 0 Å². The normalized spacial score (nSPS) is 12.1. The minimum atomic E-state index is -0.286. The first-order valence-electron chi connectivity index (χ1n) is 5.86. The lowest BCUT2D eigenvalue weighted by Crippen LogP contribution is -2.30. The fourth-order valence-corrected chi connectivity index (χ4v) is 1.69. The maximum Gasteiger partial charge on any atom is 0.0745 e. The van der Waals surface area contributed by atoms with Crippen molar-refractivity contribution in [3.63, 3.8) is 0 Å². The summed E-state index contributed by atoms with van der Waals surface area (Å²) in [6, 6.07) is 10.1. The molecule has 0 spiro atoms. The van der Waals surface area contributed by atoms with E-state index < -0.39 is 0 Å². The molecule has 0 aliphatic rings. The Morgan fingerprint density at radius 1 is 1.35 bits per heavy atom. The average molecular weight is 252 g/mol. The zero-order chi connectivity index (χ0) is 12.7. The number of benzene rings is 1. The number of hydrogen-bond acceptors (Lipinski definition) is 3. The van der Waals surface area contributed by atoms with Gasteiger partial charge in [0.2, 0.25) is 0 Å². The van der Waals surface area contributed by atoms with E-state index in [0.717, 1.165) is 25.2 Å². The molecule has 94 valence electrons. The largest absolute Gasteiger partial charge is 0.393 e. The molecule has 1 rings (SSSR count). The van der Waals surface area contributed by atoms with Crippen LogP contribution in [0.5, 0.6) is 0 Å². The van der Waals surface area contributed by atoms with Crippen LogP contribution in [0.15, 0.2) is 30.3 Å². The van der Waals surface area contributed by atoms with Crippen molar-refractivity contribution in [3.05, 3.63) is 30.3 Å². The standard InChI is InChI=1S/C13H20N2OS/c1-11(16)7-9-15(10-8-13(14)17)12-5-3-2-4-6-12/h2-6,11,16H,7-10H2,1H3,(H2,14,17). The Kier molecular flexibility index (Phi) is 5.94. The maximum absolute atomic E-state index is 9.35. The molecule has 0 aliphatic heterocycles. The second kappa shape index (κ2) is 7.25. The van der Waals surface area contributed by atoms with Gasteiger partial charge in [-0.1, -0.05) is 30.4 Å². The van der Waals surface area contributed by atoms with Crippen molar-refractivity contribution in [2.24, 2.45) is 5.73 Å². The number of aliphatic hydroxyl groups is 1. The van der Waals surface area contributed by atoms with Crippen molar-refractivity contribution < 1.29 is 5.11 Å². The number of rotatable bonds is 7. The molecule has 0 heterocycles. The molecule has 0 fully saturated rings. The molecule has 3 N–H and O–H groups in total. The highest BCUT2D eigenvalue weighted by molar-refractivity contribution is 7.80. The zero-order valence-electron chi connectivity index (χ0n) is 10.2. The summed E-state index contributed by atoms with van der Waals surface area (Å²) >= 11 is 4.90. The predicted octanol–water partition coefficient (Wildman–Crippen LogP) is 1.94. The number of para-hydroxylation sites is 1. The van der Waals surface area contributed by atoms with Crippen LogP contribution < -0.4 is 10.6 Å². The molecule has 0 saturated carbocycles. The van der Waals surface area contributed by atoms with Gasteiger partial charge in [-0.15, -0.1) is 0 Å². The highest BCUT2D eigenvalue weighted by Crippen LogP contribution is 2.14. The van der Waals surface area contributed by atoms with Gasteiger partial charge in [0, 0.05) is 25.2 Å². The highest BCUT2D eigenvalue weighted by atomic mass is 32.1. The smallest absolute Gasteiger partial charge is 0.0745 e. The van der Waals surface area contributed by atoms with Crippen LogP contribution in [0.25, 0.3) is 0 Å². The van der Waals surface area contributed by atoms with Crippen molar-refractivity contribution in [3.8, 4) is 0 Å². The maximum atomic E-state index is 9.35. The lowest BCUT2D eigenvalue weighted by Gasteiger charge is -2.25. The van der Waals surface area contributed by atoms with E-state index in [1.54, 1.807) is 6.92 Å². The molecule has 1 aromatic rings. The Morgan fingerprint density at radius 2 is 2.00 bits per heavy atom. The molecular formula is C13H20N2OS. The topological polar surface area (TPSA) is 49.5 Å². The molecule has 17 heavy (non-hydrogen) atoms. The van der Waals surface area contributed by atoms with Crippen LogP contribution in [-0.4, -0.2) is 29.3 Å². The van der Waals surface area contributed by atoms with Gasteiger partial charge < -0.3 is 15.7 Å². The molecule has 1 unspecified atom stereocenters. The van der Waals surface area contributed by atoms with E-state index in [0.29, 0.717) is 11.4 Å². The van der Waals surface area contributed by atoms with Crippen LogP contribution in [-0.2, 0) is 0 Å². The SMILES string of the molecule is CC(O)CCN(CCC(N)=S)c1ccccc1. The number of thiocarbonyl (C=S) groups is 1. The van der Waals surface area contributed by atoms with Crippen molar-refractivity contribution in [1.29, 1.82) is 0 Å². The van der Waals surface area contributed by atoms with Crippen LogP contribution in [0.2, 0.25) is 0 Å². The Balaban J connectivity index is 2.61. The molecule has 3 nitrogen and oxygen atoms in total. The minimum absolute atomic E-state index is 0.286. The number of nitrogens with zero attached hydrogens (tertiary/aromatic N) is 1. The number of hydrogen-bond donors (Lipinski definition) is 2. The summed E-state index contributed by atoms with van der Waals surface area (Å²) in [6.45, 7) is 3.41. The molecule has 0 aromatic heterocycles. The molecule has 1 atom stereocenters. The summed E-state index contributed by atoms with van der Waals surface area (Å²) in [4.78, 5) is 2.73. The Labute approximate surface area is 108 Å². The van der Waals surface area contributed by atoms with Crippen molar-refractivity contribution in [1.82, 2.24) is 0 Å². The van der Waals surface area contributed by atoms with E-state index in [1.165, 1.54) is 0 Å². The summed E-state index contributed by atoms with van der Waals surface area (Å²) in [5, 5.41) is 9.35. The predicted molar refractivity (Wildman–Crippen MR) is 76.4 cm³/mol. The van der Waals surface area contributed by atoms with Gasteiger partial charge in [-0.3, -0.25) is 0 Å². The van der Waals surface area contributed by atoms with E-state index in [-0.39, 0.29) is 6.10 Å². The quantitative estimate of drug-likeness (QED) is 0.728. The van der Waals surface area contributed by atoms with Gasteiger partial charge in [0.1, 0.15) is 0 Å². The van der Waals surface area contributed by atoms with Gasteiger partial charge >= 0.3 is 0 Å². The lowest BCUT2D eigenvalue weighted by molar-refractivity contribution is 0.186. The summed E-state index contributed by atoms with van der Waals surface area (Å²) in [7, 11) is 0. The monoisotopic (exact) mass is 252 g/mol. The number of anilines is 1. The van der Waals surface area contributed by atoms with Crippen LogP contribution in [0.3, 0.4) is 0 Å². The van der Waals surface area contributed by atoms with Gasteiger partial charge in [0.05, 0.1) is 11.1 Å². The lowest BCUT2D eigenvalue weighted by atomic mass is 10.2. The van der Waals surface area contributed by atoms with Gasteiger partial charge in [-0.05, 0) is 25.5 Å². The fourth-order valence-electron chi connectivity index (χ4n) is 1.60. The van der Waals surface area contributed by atoms with E-state index in [2.05, 4.69) is 17.0 Å². The Hall–Kier alpha value is -1.13. The molecule has 1 aromatic carbocycles. The summed E-state index contributed by atoms with van der Waals surface area (Å²) in [5.74, 6) is 0. The van der Waals surface area contributed by atoms with Crippen LogP contribution in [0.4, 0.5) is 5.69 Å². The summed E-state index contributed by atoms with van der Waals surface area (Å²) in [5.41, 5.74) is 6.67. The number of aliphatic hydroxyl groups excluding tert-OH is 1. The van der Waals surface area contributed by atoms with Gasteiger partial charge in [-0.25, -0.2) is 0 Å². The molecule has 4 heteroatoms. The van der Waals surface area contributed by atoms with Crippen LogP contribution in [0.1, 0.15) is 19.8 Å². The molecule has 0 bridgehead atoms. The first-order chi connectivity index (χ1) is 8.09. The van der Waals surface area contributed by atoms with E-state index in [4.69, 9.17) is 18.0 Å². The van der Waals surface area contributed by atoms with Crippen molar-refractivity contribution in [2.75, 3.05) is 18.0 Å². The van der Waals surface area contributed by atoms with E-state index >= 15 is 0 Å². The van der Waals surface area contributed by atoms with Crippen molar-refractivity contribution in [2.45, 2.75) is 25.9 Å². The van der Waals surface area contributed by atoms with Gasteiger partial charge in [-0.2, -0.15) is 0 Å². The third-order valence-corrected chi connectivity index (χ3v) is 2.77. The third kappa shape index (κ3) is 5.65.